The van der Waals surface area contributed by atoms with Crippen LogP contribution in [0.4, 0.5) is 13.2 Å². The normalized spacial score (nSPS) is 13.3. The van der Waals surface area contributed by atoms with Gasteiger partial charge < -0.3 is 10.7 Å². The van der Waals surface area contributed by atoms with Gasteiger partial charge in [0.1, 0.15) is 0 Å². The highest BCUT2D eigenvalue weighted by molar-refractivity contribution is 5.85. The van der Waals surface area contributed by atoms with Crippen LogP contribution in [-0.2, 0) is 0 Å². The van der Waals surface area contributed by atoms with Crippen molar-refractivity contribution in [3.8, 4) is 0 Å². The van der Waals surface area contributed by atoms with E-state index in [1.165, 1.54) is 0 Å². The van der Waals surface area contributed by atoms with E-state index in [9.17, 15) is 13.2 Å². The first-order valence-electron chi connectivity index (χ1n) is 5.36. The van der Waals surface area contributed by atoms with E-state index >= 15 is 0 Å². The van der Waals surface area contributed by atoms with Crippen molar-refractivity contribution in [1.82, 2.24) is 4.98 Å². The second-order valence-corrected chi connectivity index (χ2v) is 4.05. The van der Waals surface area contributed by atoms with E-state index in [4.69, 9.17) is 5.73 Å². The van der Waals surface area contributed by atoms with E-state index < -0.39 is 18.6 Å². The number of nitrogens with two attached hydrogens (primary N) is 1. The van der Waals surface area contributed by atoms with Crippen LogP contribution < -0.4 is 5.73 Å². The van der Waals surface area contributed by atoms with Gasteiger partial charge in [-0.1, -0.05) is 18.2 Å². The van der Waals surface area contributed by atoms with E-state index in [0.717, 1.165) is 16.5 Å². The number of para-hydroxylation sites is 1. The van der Waals surface area contributed by atoms with Crippen molar-refractivity contribution in [2.45, 2.75) is 25.1 Å². The van der Waals surface area contributed by atoms with Crippen LogP contribution >= 0.6 is 12.4 Å². The molecule has 1 aromatic heterocycles. The maximum Gasteiger partial charge on any atom is 0.389 e. The summed E-state index contributed by atoms with van der Waals surface area (Å²) in [5.74, 6) is 0. The van der Waals surface area contributed by atoms with Crippen LogP contribution in [0.25, 0.3) is 10.9 Å². The molecule has 0 radical (unpaired) electrons. The molecule has 18 heavy (non-hydrogen) atoms. The Labute approximate surface area is 109 Å². The van der Waals surface area contributed by atoms with Gasteiger partial charge in [0.15, 0.2) is 0 Å². The zero-order valence-corrected chi connectivity index (χ0v) is 10.3. The van der Waals surface area contributed by atoms with Gasteiger partial charge in [-0.15, -0.1) is 12.4 Å². The smallest absolute Gasteiger partial charge is 0.361 e. The highest BCUT2D eigenvalue weighted by Gasteiger charge is 2.28. The Hall–Kier alpha value is -1.20. The second kappa shape index (κ2) is 5.63. The fraction of sp³-hybridized carbons (Fsp3) is 0.333. The fourth-order valence-corrected chi connectivity index (χ4v) is 1.88. The summed E-state index contributed by atoms with van der Waals surface area (Å²) in [6.07, 6.45) is -3.41. The number of hydrogen-bond acceptors (Lipinski definition) is 1. The molecule has 0 aliphatic rings. The molecule has 0 saturated carbocycles. The van der Waals surface area contributed by atoms with Crippen LogP contribution in [0.2, 0.25) is 0 Å². The number of halogens is 4. The SMILES string of the molecule is Cl.N[C@@H](CCC(F)(F)F)c1c[nH]c2ccccc12. The predicted octanol–water partition coefficient (Wildman–Crippen LogP) is 3.93. The van der Waals surface area contributed by atoms with Gasteiger partial charge in [0, 0.05) is 29.6 Å². The first kappa shape index (κ1) is 14.9. The molecule has 6 heteroatoms. The van der Waals surface area contributed by atoms with Gasteiger partial charge in [0.2, 0.25) is 0 Å². The van der Waals surface area contributed by atoms with Crippen molar-refractivity contribution in [2.24, 2.45) is 5.73 Å². The summed E-state index contributed by atoms with van der Waals surface area (Å²) in [6, 6.07) is 6.84. The average molecular weight is 279 g/mol. The first-order valence-corrected chi connectivity index (χ1v) is 5.36. The minimum atomic E-state index is -4.15. The molecule has 2 rings (SSSR count). The average Bonchev–Trinajstić information content (AvgIpc) is 2.68. The summed E-state index contributed by atoms with van der Waals surface area (Å²) in [5.41, 5.74) is 7.43. The number of aromatic amines is 1. The zero-order valence-electron chi connectivity index (χ0n) is 9.50. The minimum Gasteiger partial charge on any atom is -0.361 e. The molecule has 2 nitrogen and oxygen atoms in total. The lowest BCUT2D eigenvalue weighted by Crippen LogP contribution is -2.15. The van der Waals surface area contributed by atoms with Gasteiger partial charge in [-0.25, -0.2) is 0 Å². The highest BCUT2D eigenvalue weighted by Crippen LogP contribution is 2.29. The Kier molecular flexibility index (Phi) is 4.65. The molecule has 0 unspecified atom stereocenters. The summed E-state index contributed by atoms with van der Waals surface area (Å²) >= 11 is 0. The third kappa shape index (κ3) is 3.40. The van der Waals surface area contributed by atoms with Crippen LogP contribution in [0.3, 0.4) is 0 Å². The molecule has 0 spiro atoms. The van der Waals surface area contributed by atoms with Crippen LogP contribution in [0, 0.1) is 0 Å². The number of H-pyrrole nitrogens is 1. The number of alkyl halides is 3. The van der Waals surface area contributed by atoms with E-state index in [-0.39, 0.29) is 18.8 Å². The lowest BCUT2D eigenvalue weighted by atomic mass is 10.0. The van der Waals surface area contributed by atoms with E-state index in [2.05, 4.69) is 4.98 Å². The summed E-state index contributed by atoms with van der Waals surface area (Å²) in [5, 5.41) is 0.891. The molecule has 0 amide bonds. The number of fused-ring (bicyclic) bond motifs is 1. The second-order valence-electron chi connectivity index (χ2n) is 4.05. The maximum atomic E-state index is 12.1. The molecule has 1 atom stereocenters. The van der Waals surface area contributed by atoms with Crippen LogP contribution in [0.15, 0.2) is 30.5 Å². The van der Waals surface area contributed by atoms with Gasteiger partial charge >= 0.3 is 6.18 Å². The largest absolute Gasteiger partial charge is 0.389 e. The molecular formula is C12H14ClF3N2. The lowest BCUT2D eigenvalue weighted by Gasteiger charge is -2.12. The van der Waals surface area contributed by atoms with Crippen LogP contribution in [0.1, 0.15) is 24.4 Å². The van der Waals surface area contributed by atoms with Gasteiger partial charge in [0.25, 0.3) is 0 Å². The molecule has 0 aliphatic carbocycles. The monoisotopic (exact) mass is 278 g/mol. The van der Waals surface area contributed by atoms with Crippen molar-refractivity contribution < 1.29 is 13.2 Å². The molecular weight excluding hydrogens is 265 g/mol. The quantitative estimate of drug-likeness (QED) is 0.877. The third-order valence-electron chi connectivity index (χ3n) is 2.76. The molecule has 0 fully saturated rings. The Balaban J connectivity index is 0.00000162. The molecule has 3 N–H and O–H groups in total. The Morgan fingerprint density at radius 2 is 1.89 bits per heavy atom. The Morgan fingerprint density at radius 3 is 2.56 bits per heavy atom. The molecule has 100 valence electrons. The van der Waals surface area contributed by atoms with E-state index in [1.54, 1.807) is 6.20 Å². The number of hydrogen-bond donors (Lipinski definition) is 2. The van der Waals surface area contributed by atoms with Crippen LogP contribution in [0.5, 0.6) is 0 Å². The van der Waals surface area contributed by atoms with Crippen molar-refractivity contribution in [3.63, 3.8) is 0 Å². The molecule has 1 aromatic carbocycles. The zero-order chi connectivity index (χ0) is 12.5. The maximum absolute atomic E-state index is 12.1. The van der Waals surface area contributed by atoms with Crippen molar-refractivity contribution in [1.29, 1.82) is 0 Å². The van der Waals surface area contributed by atoms with Gasteiger partial charge in [0.05, 0.1) is 0 Å². The van der Waals surface area contributed by atoms with Crippen LogP contribution in [-0.4, -0.2) is 11.2 Å². The third-order valence-corrected chi connectivity index (χ3v) is 2.76. The number of rotatable bonds is 3. The summed E-state index contributed by atoms with van der Waals surface area (Å²) in [4.78, 5) is 3.00. The summed E-state index contributed by atoms with van der Waals surface area (Å²) in [6.45, 7) is 0. The van der Waals surface area contributed by atoms with Gasteiger partial charge in [-0.2, -0.15) is 13.2 Å². The Morgan fingerprint density at radius 1 is 1.22 bits per heavy atom. The predicted molar refractivity (Wildman–Crippen MR) is 67.8 cm³/mol. The highest BCUT2D eigenvalue weighted by atomic mass is 35.5. The topological polar surface area (TPSA) is 41.8 Å². The van der Waals surface area contributed by atoms with E-state index in [0.29, 0.717) is 0 Å². The van der Waals surface area contributed by atoms with Gasteiger partial charge in [-0.05, 0) is 18.1 Å². The fourth-order valence-electron chi connectivity index (χ4n) is 1.88. The summed E-state index contributed by atoms with van der Waals surface area (Å²) in [7, 11) is 0. The Bertz CT molecular complexity index is 507. The molecule has 2 aromatic rings. The molecule has 0 bridgehead atoms. The van der Waals surface area contributed by atoms with E-state index in [1.807, 2.05) is 24.3 Å². The molecule has 1 heterocycles. The summed E-state index contributed by atoms with van der Waals surface area (Å²) < 4.78 is 36.3. The molecule has 0 saturated heterocycles. The van der Waals surface area contributed by atoms with Crippen molar-refractivity contribution >= 4 is 23.3 Å². The minimum absolute atomic E-state index is 0. The molecule has 0 aliphatic heterocycles. The number of nitrogens with one attached hydrogen (secondary N) is 1. The standard InChI is InChI=1S/C12H13F3N2.ClH/c13-12(14,15)6-5-10(16)9-7-17-11-4-2-1-3-8(9)11;/h1-4,7,10,17H,5-6,16H2;1H/t10-;/m0./s1. The number of aromatic nitrogens is 1. The lowest BCUT2D eigenvalue weighted by molar-refractivity contribution is -0.136. The first-order chi connectivity index (χ1) is 7.97. The number of benzene rings is 1. The van der Waals surface area contributed by atoms with Gasteiger partial charge in [-0.3, -0.25) is 0 Å². The van der Waals surface area contributed by atoms with Crippen molar-refractivity contribution in [3.05, 3.63) is 36.0 Å². The van der Waals surface area contributed by atoms with Crippen molar-refractivity contribution in [2.75, 3.05) is 0 Å².